The molecule has 2 heterocycles. The Morgan fingerprint density at radius 3 is 2.09 bits per heavy atom. The second-order valence-electron chi connectivity index (χ2n) is 11.1. The van der Waals surface area contributed by atoms with Gasteiger partial charge in [-0.15, -0.1) is 0 Å². The van der Waals surface area contributed by atoms with Gasteiger partial charge in [0.15, 0.2) is 18.7 Å². The third-order valence-corrected chi connectivity index (χ3v) is 8.44. The summed E-state index contributed by atoms with van der Waals surface area (Å²) in [5.41, 5.74) is 6.35. The highest BCUT2D eigenvalue weighted by Crippen LogP contribution is 2.44. The summed E-state index contributed by atoms with van der Waals surface area (Å²) in [4.78, 5) is 13.5. The first-order valence-electron chi connectivity index (χ1n) is 14.9. The maximum absolute atomic E-state index is 13.5. The van der Waals surface area contributed by atoms with Crippen molar-refractivity contribution < 1.29 is 38.0 Å². The van der Waals surface area contributed by atoms with Crippen molar-refractivity contribution in [3.05, 3.63) is 131 Å². The average Bonchev–Trinajstić information content (AvgIpc) is 3.40. The van der Waals surface area contributed by atoms with Gasteiger partial charge in [0.05, 0.1) is 13.2 Å². The molecule has 4 aromatic carbocycles. The van der Waals surface area contributed by atoms with Crippen LogP contribution in [0.15, 0.2) is 109 Å². The zero-order chi connectivity index (χ0) is 29.9. The van der Waals surface area contributed by atoms with Crippen molar-refractivity contribution in [2.75, 3.05) is 20.3 Å². The summed E-state index contributed by atoms with van der Waals surface area (Å²) in [6, 6.07) is 35.8. The Balaban J connectivity index is 1.12. The van der Waals surface area contributed by atoms with E-state index in [9.17, 15) is 4.79 Å². The standard InChI is InChI=1S/C36H34O8/c1-38-35-33(39-20-23-12-4-2-5-13-23)32(31-30(42-35)22-40-34(43-31)24-14-6-3-7-15-24)44-36(37)41-21-29-27-18-10-8-16-25(27)26-17-9-11-19-28(26)29/h2-19,29-35H,20-22H2,1H3/t30-,31-,32+,33-,34-,35+/m1/s1. The summed E-state index contributed by atoms with van der Waals surface area (Å²) in [6.45, 7) is 0.610. The number of rotatable bonds is 8. The van der Waals surface area contributed by atoms with Crippen LogP contribution in [-0.4, -0.2) is 57.2 Å². The summed E-state index contributed by atoms with van der Waals surface area (Å²) >= 11 is 0. The van der Waals surface area contributed by atoms with Gasteiger partial charge in [0.2, 0.25) is 0 Å². The zero-order valence-corrected chi connectivity index (χ0v) is 24.3. The fraction of sp³-hybridized carbons (Fsp3) is 0.306. The van der Waals surface area contributed by atoms with Gasteiger partial charge in [0, 0.05) is 18.6 Å². The molecule has 0 bridgehead atoms. The molecular formula is C36H34O8. The van der Waals surface area contributed by atoms with Crippen molar-refractivity contribution >= 4 is 6.16 Å². The van der Waals surface area contributed by atoms with Crippen LogP contribution in [0.3, 0.4) is 0 Å². The van der Waals surface area contributed by atoms with Gasteiger partial charge in [-0.2, -0.15) is 0 Å². The molecule has 1 aliphatic carbocycles. The van der Waals surface area contributed by atoms with Crippen LogP contribution in [0.1, 0.15) is 34.5 Å². The average molecular weight is 595 g/mol. The second-order valence-corrected chi connectivity index (χ2v) is 11.1. The molecule has 2 fully saturated rings. The molecule has 3 aliphatic rings. The first-order valence-corrected chi connectivity index (χ1v) is 14.9. The van der Waals surface area contributed by atoms with Gasteiger partial charge in [0.1, 0.15) is 24.9 Å². The predicted molar refractivity (Wildman–Crippen MR) is 161 cm³/mol. The van der Waals surface area contributed by atoms with Crippen LogP contribution < -0.4 is 0 Å². The van der Waals surface area contributed by atoms with E-state index in [1.807, 2.05) is 84.9 Å². The molecule has 2 saturated heterocycles. The lowest BCUT2D eigenvalue weighted by Gasteiger charge is -2.48. The van der Waals surface area contributed by atoms with E-state index in [0.717, 1.165) is 33.4 Å². The van der Waals surface area contributed by atoms with E-state index in [2.05, 4.69) is 24.3 Å². The van der Waals surface area contributed by atoms with Gasteiger partial charge >= 0.3 is 6.16 Å². The van der Waals surface area contributed by atoms with Crippen molar-refractivity contribution in [3.8, 4) is 11.1 Å². The lowest BCUT2D eigenvalue weighted by atomic mass is 9.97. The second kappa shape index (κ2) is 12.9. The number of ether oxygens (including phenoxy) is 7. The normalized spacial score (nSPS) is 25.8. The number of methoxy groups -OCH3 is 1. The van der Waals surface area contributed by atoms with E-state index >= 15 is 0 Å². The van der Waals surface area contributed by atoms with Crippen LogP contribution in [0.2, 0.25) is 0 Å². The monoisotopic (exact) mass is 594 g/mol. The van der Waals surface area contributed by atoms with Crippen LogP contribution in [0.5, 0.6) is 0 Å². The van der Waals surface area contributed by atoms with Gasteiger partial charge in [-0.25, -0.2) is 4.79 Å². The Morgan fingerprint density at radius 1 is 0.773 bits per heavy atom. The maximum atomic E-state index is 13.5. The topological polar surface area (TPSA) is 81.7 Å². The van der Waals surface area contributed by atoms with Crippen molar-refractivity contribution in [1.82, 2.24) is 0 Å². The molecule has 0 radical (unpaired) electrons. The smallest absolute Gasteiger partial charge is 0.433 e. The number of fused-ring (bicyclic) bond motifs is 4. The van der Waals surface area contributed by atoms with Crippen LogP contribution >= 0.6 is 0 Å². The molecule has 6 atom stereocenters. The van der Waals surface area contributed by atoms with Gasteiger partial charge < -0.3 is 33.2 Å². The first-order chi connectivity index (χ1) is 21.7. The van der Waals surface area contributed by atoms with E-state index in [0.29, 0.717) is 0 Å². The van der Waals surface area contributed by atoms with Crippen molar-refractivity contribution in [2.45, 2.75) is 49.5 Å². The Bertz CT molecular complexity index is 1510. The number of carbonyl (C=O) groups excluding carboxylic acids is 1. The number of carbonyl (C=O) groups is 1. The SMILES string of the molecule is CO[C@H]1O[C@@H]2CO[C@@H](c3ccccc3)O[C@H]2[C@H](OC(=O)OCC2c3ccccc3-c3ccccc32)[C@H]1OCc1ccccc1. The van der Waals surface area contributed by atoms with Gasteiger partial charge in [0.25, 0.3) is 0 Å². The van der Waals surface area contributed by atoms with Crippen LogP contribution in [0.25, 0.3) is 11.1 Å². The predicted octanol–water partition coefficient (Wildman–Crippen LogP) is 6.39. The van der Waals surface area contributed by atoms with Crippen molar-refractivity contribution in [3.63, 3.8) is 0 Å². The molecule has 0 aromatic heterocycles. The molecule has 2 aliphatic heterocycles. The lowest BCUT2D eigenvalue weighted by molar-refractivity contribution is -0.363. The Kier molecular flexibility index (Phi) is 8.41. The Hall–Kier alpha value is -4.05. The maximum Gasteiger partial charge on any atom is 0.508 e. The van der Waals surface area contributed by atoms with Crippen molar-refractivity contribution in [2.24, 2.45) is 0 Å². The van der Waals surface area contributed by atoms with Gasteiger partial charge in [-0.05, 0) is 27.8 Å². The third kappa shape index (κ3) is 5.75. The minimum atomic E-state index is -0.895. The molecule has 0 saturated carbocycles. The van der Waals surface area contributed by atoms with Crippen LogP contribution in [0.4, 0.5) is 4.79 Å². The molecule has 8 heteroatoms. The van der Waals surface area contributed by atoms with Gasteiger partial charge in [-0.3, -0.25) is 0 Å². The molecule has 0 N–H and O–H groups in total. The largest absolute Gasteiger partial charge is 0.508 e. The van der Waals surface area contributed by atoms with E-state index in [1.54, 1.807) is 0 Å². The molecular weight excluding hydrogens is 560 g/mol. The van der Waals surface area contributed by atoms with E-state index in [1.165, 1.54) is 7.11 Å². The molecule has 44 heavy (non-hydrogen) atoms. The number of hydrogen-bond donors (Lipinski definition) is 0. The molecule has 0 unspecified atom stereocenters. The Labute approximate surface area is 256 Å². The lowest BCUT2D eigenvalue weighted by Crippen LogP contribution is -2.63. The quantitative estimate of drug-likeness (QED) is 0.217. The minimum absolute atomic E-state index is 0.101. The zero-order valence-electron chi connectivity index (χ0n) is 24.3. The van der Waals surface area contributed by atoms with Crippen LogP contribution in [-0.2, 0) is 39.8 Å². The van der Waals surface area contributed by atoms with E-state index in [4.69, 9.17) is 33.2 Å². The molecule has 7 rings (SSSR count). The van der Waals surface area contributed by atoms with Crippen molar-refractivity contribution in [1.29, 1.82) is 0 Å². The summed E-state index contributed by atoms with van der Waals surface area (Å²) in [5.74, 6) is -0.101. The minimum Gasteiger partial charge on any atom is -0.433 e. The summed E-state index contributed by atoms with van der Waals surface area (Å²) in [6.07, 6.45) is -5.24. The molecule has 0 spiro atoms. The summed E-state index contributed by atoms with van der Waals surface area (Å²) in [7, 11) is 1.53. The highest BCUT2D eigenvalue weighted by Gasteiger charge is 2.53. The van der Waals surface area contributed by atoms with E-state index in [-0.39, 0.29) is 25.7 Å². The Morgan fingerprint density at radius 2 is 1.41 bits per heavy atom. The summed E-state index contributed by atoms with van der Waals surface area (Å²) < 4.78 is 42.6. The number of hydrogen-bond acceptors (Lipinski definition) is 8. The molecule has 8 nitrogen and oxygen atoms in total. The third-order valence-electron chi connectivity index (χ3n) is 8.44. The molecule has 4 aromatic rings. The van der Waals surface area contributed by atoms with Gasteiger partial charge in [-0.1, -0.05) is 109 Å². The fourth-order valence-electron chi connectivity index (χ4n) is 6.33. The highest BCUT2D eigenvalue weighted by molar-refractivity contribution is 5.79. The van der Waals surface area contributed by atoms with Crippen LogP contribution in [0, 0.1) is 0 Å². The van der Waals surface area contributed by atoms with E-state index < -0.39 is 43.2 Å². The molecule has 226 valence electrons. The molecule has 0 amide bonds. The highest BCUT2D eigenvalue weighted by atomic mass is 16.8. The summed E-state index contributed by atoms with van der Waals surface area (Å²) in [5, 5.41) is 0. The number of benzene rings is 4. The fourth-order valence-corrected chi connectivity index (χ4v) is 6.33. The first kappa shape index (κ1) is 28.7.